The number of hydrogen-bond acceptors (Lipinski definition) is 8. The van der Waals surface area contributed by atoms with E-state index in [1.807, 2.05) is 0 Å². The van der Waals surface area contributed by atoms with Crippen LogP contribution in [0.25, 0.3) is 0 Å². The minimum atomic E-state index is -1.48. The van der Waals surface area contributed by atoms with Crippen LogP contribution in [-0.2, 0) is 5.41 Å². The number of phenols is 8. The molecule has 0 amide bonds. The summed E-state index contributed by atoms with van der Waals surface area (Å²) in [5.41, 5.74) is -0.153. The summed E-state index contributed by atoms with van der Waals surface area (Å²) in [6.07, 6.45) is 0. The Kier molecular flexibility index (Phi) is 5.06. The van der Waals surface area contributed by atoms with Gasteiger partial charge in [0.25, 0.3) is 0 Å². The molecule has 0 fully saturated rings. The van der Waals surface area contributed by atoms with E-state index < -0.39 is 28.4 Å². The smallest absolute Gasteiger partial charge is 0.157 e. The average molecular weight is 448 g/mol. The topological polar surface area (TPSA) is 162 Å². The summed E-state index contributed by atoms with van der Waals surface area (Å²) in [7, 11) is 0. The Morgan fingerprint density at radius 3 is 0.697 bits per heavy atom. The molecular formula is C25H20O8. The third-order valence-electron chi connectivity index (χ3n) is 5.63. The summed E-state index contributed by atoms with van der Waals surface area (Å²) >= 11 is 0. The van der Waals surface area contributed by atoms with Crippen LogP contribution in [0.2, 0.25) is 0 Å². The summed E-state index contributed by atoms with van der Waals surface area (Å²) in [4.78, 5) is 0. The van der Waals surface area contributed by atoms with Gasteiger partial charge in [-0.15, -0.1) is 0 Å². The van der Waals surface area contributed by atoms with E-state index in [4.69, 9.17) is 0 Å². The maximum atomic E-state index is 10.3. The summed E-state index contributed by atoms with van der Waals surface area (Å²) in [6.45, 7) is 0. The van der Waals surface area contributed by atoms with Crippen LogP contribution >= 0.6 is 0 Å². The standard InChI is InChI=1S/C25H20O8/c26-17-5-1-13(9-21(17)30)25(14-2-6-18(27)22(31)10-14,15-3-7-19(28)23(32)11-15)16-4-8-20(29)24(33)12-16/h1-12,26-33H. The fourth-order valence-electron chi connectivity index (χ4n) is 4.03. The first-order chi connectivity index (χ1) is 15.6. The van der Waals surface area contributed by atoms with Gasteiger partial charge in [0.15, 0.2) is 46.0 Å². The predicted octanol–water partition coefficient (Wildman–Crippen LogP) is 3.71. The molecule has 0 saturated carbocycles. The van der Waals surface area contributed by atoms with Crippen molar-refractivity contribution in [2.75, 3.05) is 0 Å². The summed E-state index contributed by atoms with van der Waals surface area (Å²) in [5.74, 6) is -3.35. The van der Waals surface area contributed by atoms with E-state index in [0.29, 0.717) is 22.3 Å². The van der Waals surface area contributed by atoms with E-state index >= 15 is 0 Å². The second-order valence-electron chi connectivity index (χ2n) is 7.56. The van der Waals surface area contributed by atoms with Gasteiger partial charge in [0, 0.05) is 0 Å². The molecule has 0 aliphatic heterocycles. The van der Waals surface area contributed by atoms with Crippen molar-refractivity contribution in [2.45, 2.75) is 5.41 Å². The lowest BCUT2D eigenvalue weighted by Crippen LogP contribution is -2.31. The SMILES string of the molecule is Oc1ccc(C(c2ccc(O)c(O)c2)(c2ccc(O)c(O)c2)c2ccc(O)c(O)c2)cc1O. The third-order valence-corrected chi connectivity index (χ3v) is 5.63. The highest BCUT2D eigenvalue weighted by molar-refractivity contribution is 5.66. The van der Waals surface area contributed by atoms with Gasteiger partial charge in [-0.1, -0.05) is 24.3 Å². The first-order valence-corrected chi connectivity index (χ1v) is 9.74. The van der Waals surface area contributed by atoms with Gasteiger partial charge in [0.05, 0.1) is 5.41 Å². The van der Waals surface area contributed by atoms with Crippen molar-refractivity contribution in [3.8, 4) is 46.0 Å². The normalized spacial score (nSPS) is 11.4. The lowest BCUT2D eigenvalue weighted by Gasteiger charge is -2.37. The van der Waals surface area contributed by atoms with E-state index in [0.717, 1.165) is 0 Å². The lowest BCUT2D eigenvalue weighted by atomic mass is 9.65. The van der Waals surface area contributed by atoms with Crippen molar-refractivity contribution in [3.05, 3.63) is 95.1 Å². The van der Waals surface area contributed by atoms with Crippen molar-refractivity contribution in [2.24, 2.45) is 0 Å². The van der Waals surface area contributed by atoms with Gasteiger partial charge in [0.2, 0.25) is 0 Å². The fraction of sp³-hybridized carbons (Fsp3) is 0.0400. The van der Waals surface area contributed by atoms with Crippen molar-refractivity contribution in [3.63, 3.8) is 0 Å². The molecule has 168 valence electrons. The van der Waals surface area contributed by atoms with Crippen LogP contribution in [0.3, 0.4) is 0 Å². The van der Waals surface area contributed by atoms with E-state index in [9.17, 15) is 40.9 Å². The molecule has 0 aromatic heterocycles. The van der Waals surface area contributed by atoms with E-state index in [-0.39, 0.29) is 23.0 Å². The Morgan fingerprint density at radius 2 is 0.515 bits per heavy atom. The maximum Gasteiger partial charge on any atom is 0.157 e. The third kappa shape index (κ3) is 3.43. The maximum absolute atomic E-state index is 10.3. The zero-order valence-corrected chi connectivity index (χ0v) is 17.0. The molecule has 8 nitrogen and oxygen atoms in total. The van der Waals surface area contributed by atoms with Crippen LogP contribution < -0.4 is 0 Å². The van der Waals surface area contributed by atoms with Gasteiger partial charge in [0.1, 0.15) is 0 Å². The minimum Gasteiger partial charge on any atom is -0.504 e. The van der Waals surface area contributed by atoms with Crippen LogP contribution in [0.5, 0.6) is 46.0 Å². The van der Waals surface area contributed by atoms with Gasteiger partial charge in [-0.2, -0.15) is 0 Å². The summed E-state index contributed by atoms with van der Waals surface area (Å²) in [5, 5.41) is 80.7. The molecule has 0 spiro atoms. The molecule has 0 unspecified atom stereocenters. The van der Waals surface area contributed by atoms with Gasteiger partial charge in [-0.25, -0.2) is 0 Å². The molecule has 4 aromatic rings. The van der Waals surface area contributed by atoms with Crippen LogP contribution in [0.15, 0.2) is 72.8 Å². The van der Waals surface area contributed by atoms with Crippen molar-refractivity contribution < 1.29 is 40.9 Å². The summed E-state index contributed by atoms with van der Waals surface area (Å²) < 4.78 is 0. The van der Waals surface area contributed by atoms with E-state index in [1.165, 1.54) is 72.8 Å². The van der Waals surface area contributed by atoms with E-state index in [1.54, 1.807) is 0 Å². The van der Waals surface area contributed by atoms with Crippen LogP contribution in [0, 0.1) is 0 Å². The average Bonchev–Trinajstić information content (AvgIpc) is 2.78. The molecule has 0 bridgehead atoms. The fourth-order valence-corrected chi connectivity index (χ4v) is 4.03. The molecule has 0 atom stereocenters. The Morgan fingerprint density at radius 1 is 0.303 bits per heavy atom. The van der Waals surface area contributed by atoms with Crippen molar-refractivity contribution >= 4 is 0 Å². The number of benzene rings is 4. The molecule has 8 heteroatoms. The zero-order chi connectivity index (χ0) is 23.9. The van der Waals surface area contributed by atoms with Crippen LogP contribution in [0.4, 0.5) is 0 Å². The highest BCUT2D eigenvalue weighted by Gasteiger charge is 2.40. The Bertz CT molecular complexity index is 1150. The molecule has 4 rings (SSSR count). The van der Waals surface area contributed by atoms with Gasteiger partial charge in [-0.05, 0) is 70.8 Å². The molecule has 33 heavy (non-hydrogen) atoms. The predicted molar refractivity (Wildman–Crippen MR) is 118 cm³/mol. The lowest BCUT2D eigenvalue weighted by molar-refractivity contribution is 0.398. The van der Waals surface area contributed by atoms with Gasteiger partial charge in [-0.3, -0.25) is 0 Å². The zero-order valence-electron chi connectivity index (χ0n) is 17.0. The molecule has 8 N–H and O–H groups in total. The number of hydrogen-bond donors (Lipinski definition) is 8. The van der Waals surface area contributed by atoms with Crippen LogP contribution in [-0.4, -0.2) is 40.9 Å². The molecule has 0 saturated heterocycles. The first-order valence-electron chi connectivity index (χ1n) is 9.74. The second kappa shape index (κ2) is 7.76. The van der Waals surface area contributed by atoms with Crippen molar-refractivity contribution in [1.29, 1.82) is 0 Å². The minimum absolute atomic E-state index is 0.332. The number of phenolic OH excluding ortho intramolecular Hbond substituents is 8. The number of rotatable bonds is 4. The highest BCUT2D eigenvalue weighted by Crippen LogP contribution is 2.50. The van der Waals surface area contributed by atoms with Gasteiger partial charge >= 0.3 is 0 Å². The first kappa shape index (κ1) is 21.5. The molecular weight excluding hydrogens is 428 g/mol. The number of aromatic hydroxyl groups is 8. The Hall–Kier alpha value is -4.72. The largest absolute Gasteiger partial charge is 0.504 e. The molecule has 0 aliphatic carbocycles. The van der Waals surface area contributed by atoms with E-state index in [2.05, 4.69) is 0 Å². The van der Waals surface area contributed by atoms with Gasteiger partial charge < -0.3 is 40.9 Å². The Balaban J connectivity index is 2.21. The molecule has 4 aromatic carbocycles. The molecule has 0 heterocycles. The van der Waals surface area contributed by atoms with Crippen LogP contribution in [0.1, 0.15) is 22.3 Å². The summed E-state index contributed by atoms with van der Waals surface area (Å²) in [6, 6.07) is 16.1. The molecule has 0 radical (unpaired) electrons. The second-order valence-corrected chi connectivity index (χ2v) is 7.56. The quantitative estimate of drug-likeness (QED) is 0.173. The molecule has 0 aliphatic rings. The monoisotopic (exact) mass is 448 g/mol. The highest BCUT2D eigenvalue weighted by atomic mass is 16.3. The Labute approximate surface area is 187 Å². The van der Waals surface area contributed by atoms with Crippen molar-refractivity contribution in [1.82, 2.24) is 0 Å².